The third kappa shape index (κ3) is 1.20. The van der Waals surface area contributed by atoms with Gasteiger partial charge >= 0.3 is 0 Å². The van der Waals surface area contributed by atoms with E-state index >= 15 is 0 Å². The van der Waals surface area contributed by atoms with Crippen molar-refractivity contribution in [3.63, 3.8) is 0 Å². The SMILES string of the molecule is Nc1cccc2c1C(C(=O)C=O)NC2. The van der Waals surface area contributed by atoms with Crippen LogP contribution in [0.15, 0.2) is 18.2 Å². The van der Waals surface area contributed by atoms with Gasteiger partial charge in [-0.2, -0.15) is 0 Å². The third-order valence-electron chi connectivity index (χ3n) is 2.42. The van der Waals surface area contributed by atoms with Gasteiger partial charge in [-0.15, -0.1) is 0 Å². The number of fused-ring (bicyclic) bond motifs is 1. The fraction of sp³-hybridized carbons (Fsp3) is 0.200. The van der Waals surface area contributed by atoms with Crippen LogP contribution < -0.4 is 11.1 Å². The summed E-state index contributed by atoms with van der Waals surface area (Å²) in [4.78, 5) is 21.6. The van der Waals surface area contributed by atoms with Crippen LogP contribution in [0.3, 0.4) is 0 Å². The molecule has 4 nitrogen and oxygen atoms in total. The first-order chi connectivity index (χ1) is 6.74. The van der Waals surface area contributed by atoms with Gasteiger partial charge in [-0.1, -0.05) is 12.1 Å². The van der Waals surface area contributed by atoms with E-state index in [1.807, 2.05) is 12.1 Å². The zero-order valence-electron chi connectivity index (χ0n) is 7.49. The highest BCUT2D eigenvalue weighted by atomic mass is 16.2. The van der Waals surface area contributed by atoms with Gasteiger partial charge in [0.15, 0.2) is 6.29 Å². The van der Waals surface area contributed by atoms with E-state index in [0.29, 0.717) is 18.5 Å². The van der Waals surface area contributed by atoms with Crippen LogP contribution in [0.5, 0.6) is 0 Å². The number of Topliss-reactive ketones (excluding diaryl/α,β-unsaturated/α-hetero) is 1. The number of benzene rings is 1. The molecule has 0 aliphatic carbocycles. The molecule has 2 rings (SSSR count). The molecule has 1 aliphatic rings. The topological polar surface area (TPSA) is 72.2 Å². The van der Waals surface area contributed by atoms with E-state index in [4.69, 9.17) is 5.73 Å². The highest BCUT2D eigenvalue weighted by molar-refractivity contribution is 6.27. The number of carbonyl (C=O) groups is 2. The number of rotatable bonds is 2. The zero-order valence-corrected chi connectivity index (χ0v) is 7.49. The van der Waals surface area contributed by atoms with E-state index in [9.17, 15) is 9.59 Å². The summed E-state index contributed by atoms with van der Waals surface area (Å²) in [6.07, 6.45) is 0.333. The van der Waals surface area contributed by atoms with E-state index in [1.165, 1.54) is 0 Å². The quantitative estimate of drug-likeness (QED) is 0.396. The van der Waals surface area contributed by atoms with E-state index in [-0.39, 0.29) is 0 Å². The number of nitrogens with one attached hydrogen (secondary N) is 1. The summed E-state index contributed by atoms with van der Waals surface area (Å²) in [6, 6.07) is 4.92. The van der Waals surface area contributed by atoms with Crippen LogP contribution in [-0.2, 0) is 16.1 Å². The molecule has 1 atom stereocenters. The van der Waals surface area contributed by atoms with Crippen LogP contribution in [-0.4, -0.2) is 12.1 Å². The number of nitrogens with two attached hydrogens (primary N) is 1. The van der Waals surface area contributed by atoms with Crippen molar-refractivity contribution >= 4 is 17.8 Å². The molecule has 0 spiro atoms. The Kier molecular flexibility index (Phi) is 2.05. The first-order valence-corrected chi connectivity index (χ1v) is 4.33. The molecule has 1 unspecified atom stereocenters. The molecular weight excluding hydrogens is 180 g/mol. The van der Waals surface area contributed by atoms with Gasteiger partial charge in [0.25, 0.3) is 0 Å². The molecule has 1 heterocycles. The highest BCUT2D eigenvalue weighted by Crippen LogP contribution is 2.30. The summed E-state index contributed by atoms with van der Waals surface area (Å²) in [5.41, 5.74) is 8.05. The standard InChI is InChI=1S/C10H10N2O2/c11-7-3-1-2-6-4-12-10(9(6)7)8(14)5-13/h1-3,5,10,12H,4,11H2. The molecule has 14 heavy (non-hydrogen) atoms. The van der Waals surface area contributed by atoms with Crippen molar-refractivity contribution < 1.29 is 9.59 Å². The van der Waals surface area contributed by atoms with Gasteiger partial charge < -0.3 is 5.73 Å². The first-order valence-electron chi connectivity index (χ1n) is 4.33. The van der Waals surface area contributed by atoms with Crippen molar-refractivity contribution in [2.24, 2.45) is 0 Å². The molecule has 1 aliphatic heterocycles. The predicted molar refractivity (Wildman–Crippen MR) is 51.5 cm³/mol. The summed E-state index contributed by atoms with van der Waals surface area (Å²) in [5, 5.41) is 2.95. The Labute approximate surface area is 81.1 Å². The maximum atomic E-state index is 11.2. The number of aldehydes is 1. The summed E-state index contributed by atoms with van der Waals surface area (Å²) in [7, 11) is 0. The van der Waals surface area contributed by atoms with Crippen LogP contribution in [0.2, 0.25) is 0 Å². The van der Waals surface area contributed by atoms with E-state index in [0.717, 1.165) is 11.1 Å². The van der Waals surface area contributed by atoms with Crippen molar-refractivity contribution in [2.75, 3.05) is 5.73 Å². The minimum atomic E-state index is -0.552. The molecule has 4 heteroatoms. The summed E-state index contributed by atoms with van der Waals surface area (Å²) < 4.78 is 0. The van der Waals surface area contributed by atoms with E-state index in [1.54, 1.807) is 6.07 Å². The minimum absolute atomic E-state index is 0.333. The van der Waals surface area contributed by atoms with Gasteiger partial charge in [-0.3, -0.25) is 14.9 Å². The fourth-order valence-corrected chi connectivity index (χ4v) is 1.76. The van der Waals surface area contributed by atoms with Crippen molar-refractivity contribution in [2.45, 2.75) is 12.6 Å². The Balaban J connectivity index is 2.47. The van der Waals surface area contributed by atoms with Crippen molar-refractivity contribution in [3.8, 4) is 0 Å². The smallest absolute Gasteiger partial charge is 0.216 e. The molecule has 0 bridgehead atoms. The second-order valence-electron chi connectivity index (χ2n) is 3.25. The zero-order chi connectivity index (χ0) is 10.1. The summed E-state index contributed by atoms with van der Waals surface area (Å²) >= 11 is 0. The summed E-state index contributed by atoms with van der Waals surface area (Å²) in [6.45, 7) is 0.588. The molecule has 0 aromatic heterocycles. The van der Waals surface area contributed by atoms with Crippen LogP contribution >= 0.6 is 0 Å². The number of hydrogen-bond donors (Lipinski definition) is 2. The Bertz CT molecular complexity index is 401. The van der Waals surface area contributed by atoms with Crippen molar-refractivity contribution in [3.05, 3.63) is 29.3 Å². The third-order valence-corrected chi connectivity index (χ3v) is 2.42. The average Bonchev–Trinajstić information content (AvgIpc) is 2.62. The van der Waals surface area contributed by atoms with Crippen LogP contribution in [0, 0.1) is 0 Å². The lowest BCUT2D eigenvalue weighted by Gasteiger charge is -2.08. The average molecular weight is 190 g/mol. The largest absolute Gasteiger partial charge is 0.398 e. The number of anilines is 1. The van der Waals surface area contributed by atoms with Crippen LogP contribution in [0.1, 0.15) is 17.2 Å². The first kappa shape index (κ1) is 8.90. The van der Waals surface area contributed by atoms with Gasteiger partial charge in [-0.05, 0) is 11.6 Å². The monoisotopic (exact) mass is 190 g/mol. The van der Waals surface area contributed by atoms with E-state index in [2.05, 4.69) is 5.32 Å². The molecule has 1 aromatic rings. The van der Waals surface area contributed by atoms with Crippen LogP contribution in [0.4, 0.5) is 5.69 Å². The lowest BCUT2D eigenvalue weighted by atomic mass is 10.0. The molecule has 0 fully saturated rings. The molecule has 0 amide bonds. The normalized spacial score (nSPS) is 19.0. The maximum absolute atomic E-state index is 11.2. The number of ketones is 1. The Morgan fingerprint density at radius 2 is 2.36 bits per heavy atom. The lowest BCUT2D eigenvalue weighted by Crippen LogP contribution is -2.23. The second-order valence-corrected chi connectivity index (χ2v) is 3.25. The molecule has 0 saturated carbocycles. The van der Waals surface area contributed by atoms with Gasteiger partial charge in [0.1, 0.15) is 6.04 Å². The predicted octanol–water partition coefficient (Wildman–Crippen LogP) is 0.181. The number of nitrogen functional groups attached to an aromatic ring is 1. The van der Waals surface area contributed by atoms with Gasteiger partial charge in [0.2, 0.25) is 5.78 Å². The minimum Gasteiger partial charge on any atom is -0.398 e. The molecular formula is C10H10N2O2. The molecule has 72 valence electrons. The lowest BCUT2D eigenvalue weighted by molar-refractivity contribution is -0.131. The Morgan fingerprint density at radius 1 is 1.57 bits per heavy atom. The highest BCUT2D eigenvalue weighted by Gasteiger charge is 2.29. The molecule has 0 saturated heterocycles. The van der Waals surface area contributed by atoms with Crippen LogP contribution in [0.25, 0.3) is 0 Å². The van der Waals surface area contributed by atoms with E-state index < -0.39 is 11.8 Å². The van der Waals surface area contributed by atoms with Crippen molar-refractivity contribution in [1.82, 2.24) is 5.32 Å². The number of carbonyl (C=O) groups excluding carboxylic acids is 2. The van der Waals surface area contributed by atoms with Gasteiger partial charge in [0.05, 0.1) is 0 Å². The fourth-order valence-electron chi connectivity index (χ4n) is 1.76. The Morgan fingerprint density at radius 3 is 3.07 bits per heavy atom. The number of hydrogen-bond acceptors (Lipinski definition) is 4. The molecule has 3 N–H and O–H groups in total. The molecule has 0 radical (unpaired) electrons. The second kappa shape index (κ2) is 3.23. The van der Waals surface area contributed by atoms with Gasteiger partial charge in [0, 0.05) is 17.8 Å². The maximum Gasteiger partial charge on any atom is 0.216 e. The van der Waals surface area contributed by atoms with Crippen molar-refractivity contribution in [1.29, 1.82) is 0 Å². The van der Waals surface area contributed by atoms with Gasteiger partial charge in [-0.25, -0.2) is 0 Å². The molecule has 1 aromatic carbocycles. The Hall–Kier alpha value is -1.68. The summed E-state index contributed by atoms with van der Waals surface area (Å²) in [5.74, 6) is -0.471.